The number of carboxylic acid groups (broad SMARTS) is 1. The lowest BCUT2D eigenvalue weighted by atomic mass is 9.42. The van der Waals surface area contributed by atoms with Crippen molar-refractivity contribution in [3.05, 3.63) is 35.4 Å². The fraction of sp³-hybridized carbons (Fsp3) is 0.650. The Morgan fingerprint density at radius 1 is 1.22 bits per heavy atom. The number of hydrogen-bond donors (Lipinski definition) is 2. The molecule has 1 aromatic rings. The first-order valence-corrected chi connectivity index (χ1v) is 8.88. The molecule has 3 heteroatoms. The van der Waals surface area contributed by atoms with Gasteiger partial charge in [0.15, 0.2) is 0 Å². The molecule has 1 aromatic carbocycles. The minimum atomic E-state index is -0.683. The molecule has 4 aliphatic rings. The Labute approximate surface area is 137 Å². The molecule has 124 valence electrons. The van der Waals surface area contributed by atoms with Crippen molar-refractivity contribution in [1.82, 2.24) is 0 Å². The number of carboxylic acids is 1. The summed E-state index contributed by atoms with van der Waals surface area (Å²) in [5, 5.41) is 20.4. The van der Waals surface area contributed by atoms with E-state index in [0.717, 1.165) is 38.5 Å². The molecule has 4 aliphatic carbocycles. The van der Waals surface area contributed by atoms with Crippen LogP contribution in [0.25, 0.3) is 0 Å². The first-order valence-electron chi connectivity index (χ1n) is 8.88. The van der Waals surface area contributed by atoms with Crippen molar-refractivity contribution in [1.29, 1.82) is 0 Å². The molecule has 0 radical (unpaired) electrons. The predicted molar refractivity (Wildman–Crippen MR) is 88.1 cm³/mol. The van der Waals surface area contributed by atoms with Crippen LogP contribution in [-0.2, 0) is 11.2 Å². The third-order valence-corrected chi connectivity index (χ3v) is 6.88. The maximum Gasteiger partial charge on any atom is 0.303 e. The Morgan fingerprint density at radius 2 is 1.91 bits per heavy atom. The van der Waals surface area contributed by atoms with Gasteiger partial charge < -0.3 is 10.2 Å². The summed E-state index contributed by atoms with van der Waals surface area (Å²) < 4.78 is 0. The van der Waals surface area contributed by atoms with Crippen LogP contribution in [-0.4, -0.2) is 21.8 Å². The van der Waals surface area contributed by atoms with E-state index in [4.69, 9.17) is 0 Å². The van der Waals surface area contributed by atoms with Crippen molar-refractivity contribution >= 4 is 5.97 Å². The van der Waals surface area contributed by atoms with Crippen LogP contribution in [0.1, 0.15) is 49.7 Å². The van der Waals surface area contributed by atoms with Gasteiger partial charge in [-0.05, 0) is 74.2 Å². The van der Waals surface area contributed by atoms with Crippen molar-refractivity contribution < 1.29 is 15.0 Å². The van der Waals surface area contributed by atoms with Gasteiger partial charge in [-0.2, -0.15) is 0 Å². The third kappa shape index (κ3) is 2.50. The molecule has 2 atom stereocenters. The minimum Gasteiger partial charge on any atom is -0.481 e. The molecule has 0 spiro atoms. The molecule has 4 bridgehead atoms. The number of rotatable bonds is 4. The van der Waals surface area contributed by atoms with Crippen LogP contribution >= 0.6 is 0 Å². The molecular formula is C20H26O3. The fourth-order valence-corrected chi connectivity index (χ4v) is 6.27. The Balaban J connectivity index is 1.71. The highest BCUT2D eigenvalue weighted by Crippen LogP contribution is 2.65. The average Bonchev–Trinajstić information content (AvgIpc) is 2.42. The van der Waals surface area contributed by atoms with Gasteiger partial charge in [-0.1, -0.05) is 29.8 Å². The van der Waals surface area contributed by atoms with E-state index < -0.39 is 11.6 Å². The molecule has 4 fully saturated rings. The summed E-state index contributed by atoms with van der Waals surface area (Å²) in [5.74, 6) is 0.639. The standard InChI is InChI=1S/C20H26O3/c1-13-3-2-4-14(5-13)9-20(12-18(21)22)16-6-15-7-17(20)11-19(23,8-15)10-16/h2-5,15-17,23H,6-12H2,1H3,(H,21,22)/t15?,16?,17?,19-,20+. The van der Waals surface area contributed by atoms with Crippen molar-refractivity contribution in [3.8, 4) is 0 Å². The van der Waals surface area contributed by atoms with Crippen LogP contribution in [0.15, 0.2) is 24.3 Å². The second-order valence-electron chi connectivity index (χ2n) is 8.54. The lowest BCUT2D eigenvalue weighted by Gasteiger charge is -2.64. The quantitative estimate of drug-likeness (QED) is 0.893. The van der Waals surface area contributed by atoms with Gasteiger partial charge >= 0.3 is 5.97 Å². The van der Waals surface area contributed by atoms with E-state index in [1.165, 1.54) is 11.1 Å². The molecule has 0 aliphatic heterocycles. The largest absolute Gasteiger partial charge is 0.481 e. The van der Waals surface area contributed by atoms with Gasteiger partial charge in [0.2, 0.25) is 0 Å². The van der Waals surface area contributed by atoms with Crippen molar-refractivity contribution in [3.63, 3.8) is 0 Å². The zero-order valence-electron chi connectivity index (χ0n) is 13.8. The van der Waals surface area contributed by atoms with E-state index >= 15 is 0 Å². The Bertz CT molecular complexity index is 620. The highest BCUT2D eigenvalue weighted by molar-refractivity contribution is 5.68. The first-order chi connectivity index (χ1) is 10.9. The van der Waals surface area contributed by atoms with E-state index in [1.807, 2.05) is 0 Å². The molecule has 0 heterocycles. The zero-order chi connectivity index (χ0) is 16.2. The minimum absolute atomic E-state index is 0.164. The molecule has 3 nitrogen and oxygen atoms in total. The average molecular weight is 314 g/mol. The van der Waals surface area contributed by atoms with E-state index in [9.17, 15) is 15.0 Å². The third-order valence-electron chi connectivity index (χ3n) is 6.88. The summed E-state index contributed by atoms with van der Waals surface area (Å²) in [6, 6.07) is 8.50. The summed E-state index contributed by atoms with van der Waals surface area (Å²) in [5.41, 5.74) is 1.81. The summed E-state index contributed by atoms with van der Waals surface area (Å²) in [6.45, 7) is 2.09. The summed E-state index contributed by atoms with van der Waals surface area (Å²) >= 11 is 0. The van der Waals surface area contributed by atoms with Gasteiger partial charge in [0.05, 0.1) is 12.0 Å². The Hall–Kier alpha value is -1.35. The van der Waals surface area contributed by atoms with Crippen LogP contribution in [0.4, 0.5) is 0 Å². The molecular weight excluding hydrogens is 288 g/mol. The van der Waals surface area contributed by atoms with Crippen LogP contribution in [0, 0.1) is 30.1 Å². The van der Waals surface area contributed by atoms with E-state index in [1.54, 1.807) is 0 Å². The summed E-state index contributed by atoms with van der Waals surface area (Å²) in [6.07, 6.45) is 5.86. The van der Waals surface area contributed by atoms with Crippen LogP contribution < -0.4 is 0 Å². The smallest absolute Gasteiger partial charge is 0.303 e. The lowest BCUT2D eigenvalue weighted by Crippen LogP contribution is -2.61. The molecule has 2 N–H and O–H groups in total. The van der Waals surface area contributed by atoms with Crippen molar-refractivity contribution in [2.45, 2.75) is 57.5 Å². The maximum absolute atomic E-state index is 11.7. The van der Waals surface area contributed by atoms with Gasteiger partial charge in [-0.25, -0.2) is 0 Å². The number of aryl methyl sites for hydroxylation is 1. The summed E-state index contributed by atoms with van der Waals surface area (Å²) in [7, 11) is 0. The molecule has 5 rings (SSSR count). The van der Waals surface area contributed by atoms with Gasteiger partial charge in [0.25, 0.3) is 0 Å². The number of aliphatic carboxylic acids is 1. The second-order valence-corrected chi connectivity index (χ2v) is 8.54. The lowest BCUT2D eigenvalue weighted by molar-refractivity contribution is -0.198. The highest BCUT2D eigenvalue weighted by atomic mass is 16.4. The first kappa shape index (κ1) is 15.2. The molecule has 4 saturated carbocycles. The SMILES string of the molecule is Cc1cccc(C[C@]2(CC(=O)O)C3CC4CC2C[C@@](O)(C4)C3)c1. The van der Waals surface area contributed by atoms with Gasteiger partial charge in [0, 0.05) is 0 Å². The van der Waals surface area contributed by atoms with Gasteiger partial charge in [0.1, 0.15) is 0 Å². The Kier molecular flexibility index (Phi) is 3.35. The second kappa shape index (κ2) is 5.07. The van der Waals surface area contributed by atoms with Crippen molar-refractivity contribution in [2.75, 3.05) is 0 Å². The zero-order valence-corrected chi connectivity index (χ0v) is 13.8. The van der Waals surface area contributed by atoms with Crippen molar-refractivity contribution in [2.24, 2.45) is 23.2 Å². The molecule has 0 amide bonds. The van der Waals surface area contributed by atoms with Crippen LogP contribution in [0.5, 0.6) is 0 Å². The van der Waals surface area contributed by atoms with Gasteiger partial charge in [-0.15, -0.1) is 0 Å². The normalized spacial score (nSPS) is 41.2. The Morgan fingerprint density at radius 3 is 2.48 bits per heavy atom. The number of hydrogen-bond acceptors (Lipinski definition) is 2. The molecule has 23 heavy (non-hydrogen) atoms. The topological polar surface area (TPSA) is 57.5 Å². The fourth-order valence-electron chi connectivity index (χ4n) is 6.27. The monoisotopic (exact) mass is 314 g/mol. The number of benzene rings is 1. The molecule has 0 saturated heterocycles. The van der Waals surface area contributed by atoms with E-state index in [0.29, 0.717) is 17.8 Å². The number of carbonyl (C=O) groups is 1. The number of aliphatic hydroxyl groups is 1. The van der Waals surface area contributed by atoms with Gasteiger partial charge in [-0.3, -0.25) is 4.79 Å². The summed E-state index contributed by atoms with van der Waals surface area (Å²) in [4.78, 5) is 11.7. The predicted octanol–water partition coefficient (Wildman–Crippen LogP) is 3.57. The maximum atomic E-state index is 11.7. The van der Waals surface area contributed by atoms with E-state index in [-0.39, 0.29) is 11.8 Å². The van der Waals surface area contributed by atoms with Crippen LogP contribution in [0.2, 0.25) is 0 Å². The molecule has 0 aromatic heterocycles. The highest BCUT2D eigenvalue weighted by Gasteiger charge is 2.61. The van der Waals surface area contributed by atoms with Crippen LogP contribution in [0.3, 0.4) is 0 Å². The molecule has 2 unspecified atom stereocenters. The van der Waals surface area contributed by atoms with E-state index in [2.05, 4.69) is 31.2 Å².